The minimum Gasteiger partial charge on any atom is -0.368 e. The van der Waals surface area contributed by atoms with Crippen molar-refractivity contribution in [2.45, 2.75) is 32.5 Å². The SMILES string of the molecule is Cc1ccc(CCCC(O)O)cc1. The van der Waals surface area contributed by atoms with Crippen molar-refractivity contribution in [3.8, 4) is 0 Å². The van der Waals surface area contributed by atoms with Crippen LogP contribution in [-0.2, 0) is 6.42 Å². The van der Waals surface area contributed by atoms with Crippen LogP contribution in [0.2, 0.25) is 0 Å². The molecular weight excluding hydrogens is 164 g/mol. The fourth-order valence-corrected chi connectivity index (χ4v) is 1.24. The molecule has 0 aliphatic heterocycles. The molecule has 0 aromatic heterocycles. The third kappa shape index (κ3) is 4.06. The highest BCUT2D eigenvalue weighted by molar-refractivity contribution is 5.21. The summed E-state index contributed by atoms with van der Waals surface area (Å²) < 4.78 is 0. The summed E-state index contributed by atoms with van der Waals surface area (Å²) in [5, 5.41) is 17.3. The third-order valence-electron chi connectivity index (χ3n) is 2.05. The lowest BCUT2D eigenvalue weighted by molar-refractivity contribution is -0.0461. The Hall–Kier alpha value is -0.860. The highest BCUT2D eigenvalue weighted by atomic mass is 16.5. The lowest BCUT2D eigenvalue weighted by Crippen LogP contribution is -2.03. The lowest BCUT2D eigenvalue weighted by Gasteiger charge is -2.03. The Morgan fingerprint density at radius 3 is 2.31 bits per heavy atom. The summed E-state index contributed by atoms with van der Waals surface area (Å²) in [5.74, 6) is 0. The van der Waals surface area contributed by atoms with E-state index in [0.29, 0.717) is 6.42 Å². The van der Waals surface area contributed by atoms with Crippen LogP contribution in [0.1, 0.15) is 24.0 Å². The highest BCUT2D eigenvalue weighted by Gasteiger charge is 1.97. The molecule has 72 valence electrons. The van der Waals surface area contributed by atoms with Gasteiger partial charge < -0.3 is 10.2 Å². The van der Waals surface area contributed by atoms with Gasteiger partial charge in [-0.05, 0) is 31.7 Å². The van der Waals surface area contributed by atoms with Gasteiger partial charge in [0.05, 0.1) is 0 Å². The molecule has 0 aliphatic rings. The maximum absolute atomic E-state index is 8.63. The number of rotatable bonds is 4. The van der Waals surface area contributed by atoms with Gasteiger partial charge in [0.1, 0.15) is 0 Å². The van der Waals surface area contributed by atoms with Gasteiger partial charge in [-0.1, -0.05) is 29.8 Å². The molecular formula is C11H16O2. The van der Waals surface area contributed by atoms with Crippen LogP contribution < -0.4 is 0 Å². The van der Waals surface area contributed by atoms with Gasteiger partial charge in [-0.2, -0.15) is 0 Å². The molecule has 0 aliphatic carbocycles. The Kier molecular flexibility index (Phi) is 3.93. The van der Waals surface area contributed by atoms with Crippen LogP contribution >= 0.6 is 0 Å². The molecule has 0 fully saturated rings. The molecule has 2 heteroatoms. The molecule has 0 spiro atoms. The zero-order chi connectivity index (χ0) is 9.68. The highest BCUT2D eigenvalue weighted by Crippen LogP contribution is 2.07. The first kappa shape index (κ1) is 10.2. The fraction of sp³-hybridized carbons (Fsp3) is 0.455. The second-order valence-corrected chi connectivity index (χ2v) is 3.36. The van der Waals surface area contributed by atoms with Crippen LogP contribution in [0.3, 0.4) is 0 Å². The maximum Gasteiger partial charge on any atom is 0.151 e. The quantitative estimate of drug-likeness (QED) is 0.691. The second kappa shape index (κ2) is 5.00. The van der Waals surface area contributed by atoms with E-state index in [0.717, 1.165) is 12.8 Å². The normalized spacial score (nSPS) is 10.8. The van der Waals surface area contributed by atoms with Gasteiger partial charge in [-0.25, -0.2) is 0 Å². The van der Waals surface area contributed by atoms with Crippen molar-refractivity contribution in [3.63, 3.8) is 0 Å². The van der Waals surface area contributed by atoms with E-state index in [1.807, 2.05) is 0 Å². The number of hydrogen-bond acceptors (Lipinski definition) is 2. The van der Waals surface area contributed by atoms with Crippen molar-refractivity contribution < 1.29 is 10.2 Å². The molecule has 1 rings (SSSR count). The predicted octanol–water partition coefficient (Wildman–Crippen LogP) is 1.63. The minimum absolute atomic E-state index is 0.452. The van der Waals surface area contributed by atoms with Crippen molar-refractivity contribution in [1.29, 1.82) is 0 Å². The number of aryl methyl sites for hydroxylation is 2. The summed E-state index contributed by atoms with van der Waals surface area (Å²) in [6.07, 6.45) is 1.03. The molecule has 2 N–H and O–H groups in total. The number of hydrogen-bond donors (Lipinski definition) is 2. The van der Waals surface area contributed by atoms with E-state index in [-0.39, 0.29) is 0 Å². The number of aliphatic hydroxyl groups is 2. The molecule has 0 unspecified atom stereocenters. The maximum atomic E-state index is 8.63. The van der Waals surface area contributed by atoms with E-state index in [1.165, 1.54) is 11.1 Å². The number of aliphatic hydroxyl groups excluding tert-OH is 1. The smallest absolute Gasteiger partial charge is 0.151 e. The Balaban J connectivity index is 2.33. The molecule has 0 saturated heterocycles. The molecule has 1 aromatic carbocycles. The zero-order valence-corrected chi connectivity index (χ0v) is 7.90. The van der Waals surface area contributed by atoms with E-state index in [2.05, 4.69) is 31.2 Å². The monoisotopic (exact) mass is 180 g/mol. The molecule has 0 radical (unpaired) electrons. The van der Waals surface area contributed by atoms with Gasteiger partial charge >= 0.3 is 0 Å². The van der Waals surface area contributed by atoms with Gasteiger partial charge in [0, 0.05) is 0 Å². The van der Waals surface area contributed by atoms with Crippen LogP contribution in [0.4, 0.5) is 0 Å². The summed E-state index contributed by atoms with van der Waals surface area (Å²) >= 11 is 0. The van der Waals surface area contributed by atoms with E-state index in [1.54, 1.807) is 0 Å². The summed E-state index contributed by atoms with van der Waals surface area (Å²) in [4.78, 5) is 0. The van der Waals surface area contributed by atoms with Crippen molar-refractivity contribution in [3.05, 3.63) is 35.4 Å². The van der Waals surface area contributed by atoms with Gasteiger partial charge in [-0.15, -0.1) is 0 Å². The Bertz CT molecular complexity index is 239. The lowest BCUT2D eigenvalue weighted by atomic mass is 10.1. The van der Waals surface area contributed by atoms with Gasteiger partial charge in [0.2, 0.25) is 0 Å². The van der Waals surface area contributed by atoms with Gasteiger partial charge in [0.25, 0.3) is 0 Å². The van der Waals surface area contributed by atoms with E-state index in [9.17, 15) is 0 Å². The van der Waals surface area contributed by atoms with Crippen LogP contribution in [0.25, 0.3) is 0 Å². The summed E-state index contributed by atoms with van der Waals surface area (Å²) in [6, 6.07) is 8.31. The molecule has 0 saturated carbocycles. The first-order valence-corrected chi connectivity index (χ1v) is 4.60. The van der Waals surface area contributed by atoms with Crippen molar-refractivity contribution in [2.24, 2.45) is 0 Å². The van der Waals surface area contributed by atoms with Crippen molar-refractivity contribution in [1.82, 2.24) is 0 Å². The molecule has 0 amide bonds. The second-order valence-electron chi connectivity index (χ2n) is 3.36. The summed E-state index contributed by atoms with van der Waals surface area (Å²) in [6.45, 7) is 2.06. The largest absolute Gasteiger partial charge is 0.368 e. The molecule has 0 heterocycles. The Labute approximate surface area is 78.8 Å². The third-order valence-corrected chi connectivity index (χ3v) is 2.05. The van der Waals surface area contributed by atoms with Crippen LogP contribution in [0, 0.1) is 6.92 Å². The molecule has 1 aromatic rings. The van der Waals surface area contributed by atoms with Crippen LogP contribution in [0.5, 0.6) is 0 Å². The Morgan fingerprint density at radius 1 is 1.15 bits per heavy atom. The molecule has 2 nitrogen and oxygen atoms in total. The zero-order valence-electron chi connectivity index (χ0n) is 7.90. The molecule has 0 atom stereocenters. The molecule has 0 bridgehead atoms. The predicted molar refractivity (Wildman–Crippen MR) is 52.3 cm³/mol. The summed E-state index contributed by atoms with van der Waals surface area (Å²) in [5.41, 5.74) is 2.51. The van der Waals surface area contributed by atoms with Crippen LogP contribution in [-0.4, -0.2) is 16.5 Å². The average Bonchev–Trinajstić information content (AvgIpc) is 2.08. The first-order valence-electron chi connectivity index (χ1n) is 4.60. The van der Waals surface area contributed by atoms with Crippen molar-refractivity contribution in [2.75, 3.05) is 0 Å². The van der Waals surface area contributed by atoms with Crippen molar-refractivity contribution >= 4 is 0 Å². The minimum atomic E-state index is -1.16. The Morgan fingerprint density at radius 2 is 1.77 bits per heavy atom. The van der Waals surface area contributed by atoms with E-state index in [4.69, 9.17) is 10.2 Å². The average molecular weight is 180 g/mol. The standard InChI is InChI=1S/C11H16O2/c1-9-5-7-10(8-6-9)3-2-4-11(12)13/h5-8,11-13H,2-4H2,1H3. The van der Waals surface area contributed by atoms with Gasteiger partial charge in [-0.3, -0.25) is 0 Å². The number of benzene rings is 1. The topological polar surface area (TPSA) is 40.5 Å². The van der Waals surface area contributed by atoms with Crippen LogP contribution in [0.15, 0.2) is 24.3 Å². The van der Waals surface area contributed by atoms with Gasteiger partial charge in [0.15, 0.2) is 6.29 Å². The molecule has 13 heavy (non-hydrogen) atoms. The summed E-state index contributed by atoms with van der Waals surface area (Å²) in [7, 11) is 0. The van der Waals surface area contributed by atoms with E-state index >= 15 is 0 Å². The van der Waals surface area contributed by atoms with E-state index < -0.39 is 6.29 Å². The first-order chi connectivity index (χ1) is 6.18. The fourth-order valence-electron chi connectivity index (χ4n) is 1.24.